The minimum atomic E-state index is -0.804. The maximum absolute atomic E-state index is 11.7. The molecule has 1 atom stereocenters. The molecular formula is C22H46ClNO2. The van der Waals surface area contributed by atoms with Crippen molar-refractivity contribution in [3.05, 3.63) is 0 Å². The molecule has 0 aromatic heterocycles. The highest BCUT2D eigenvalue weighted by atomic mass is 35.5. The Morgan fingerprint density at radius 2 is 1.08 bits per heavy atom. The molecule has 3 nitrogen and oxygen atoms in total. The molecule has 0 aliphatic heterocycles. The SMILES string of the molecule is CCCCCCCCCCCCCCCCCC(=O)C(O)CN(C)C.Cl. The zero-order valence-electron chi connectivity index (χ0n) is 17.8. The number of carbonyl (C=O) groups is 1. The molecule has 0 aromatic carbocycles. The van der Waals surface area contributed by atoms with Crippen molar-refractivity contribution in [3.63, 3.8) is 0 Å². The Hall–Kier alpha value is -0.120. The predicted molar refractivity (Wildman–Crippen MR) is 116 cm³/mol. The van der Waals surface area contributed by atoms with Crippen LogP contribution in [0, 0.1) is 0 Å². The number of carbonyl (C=O) groups excluding carboxylic acids is 1. The molecule has 0 aromatic rings. The number of aliphatic hydroxyl groups is 1. The third kappa shape index (κ3) is 20.2. The molecule has 0 aliphatic rings. The number of rotatable bonds is 19. The van der Waals surface area contributed by atoms with Gasteiger partial charge in [-0.1, -0.05) is 96.8 Å². The van der Waals surface area contributed by atoms with Crippen LogP contribution in [0.3, 0.4) is 0 Å². The Kier molecular flexibility index (Phi) is 22.9. The molecule has 0 fully saturated rings. The molecule has 0 saturated heterocycles. The van der Waals surface area contributed by atoms with Gasteiger partial charge in [-0.3, -0.25) is 4.79 Å². The van der Waals surface area contributed by atoms with Crippen molar-refractivity contribution in [1.82, 2.24) is 4.90 Å². The molecule has 0 amide bonds. The van der Waals surface area contributed by atoms with E-state index in [9.17, 15) is 9.90 Å². The average Bonchev–Trinajstić information content (AvgIpc) is 2.57. The first-order chi connectivity index (χ1) is 12.1. The topological polar surface area (TPSA) is 40.5 Å². The van der Waals surface area contributed by atoms with Gasteiger partial charge >= 0.3 is 0 Å². The Morgan fingerprint density at radius 3 is 1.42 bits per heavy atom. The van der Waals surface area contributed by atoms with E-state index < -0.39 is 6.10 Å². The summed E-state index contributed by atoms with van der Waals surface area (Å²) in [6, 6.07) is 0. The summed E-state index contributed by atoms with van der Waals surface area (Å²) in [5, 5.41) is 9.71. The molecule has 0 heterocycles. The third-order valence-corrected chi connectivity index (χ3v) is 4.94. The fourth-order valence-corrected chi connectivity index (χ4v) is 3.28. The highest BCUT2D eigenvalue weighted by Crippen LogP contribution is 2.14. The van der Waals surface area contributed by atoms with E-state index in [4.69, 9.17) is 0 Å². The standard InChI is InChI=1S/C22H45NO2.ClH/c1-4-5-6-7-8-9-10-11-12-13-14-15-16-17-18-19-21(24)22(25)20-23(2)3;/h22,25H,4-20H2,1-3H3;1H. The van der Waals surface area contributed by atoms with E-state index in [-0.39, 0.29) is 18.2 Å². The monoisotopic (exact) mass is 391 g/mol. The van der Waals surface area contributed by atoms with Gasteiger partial charge in [-0.15, -0.1) is 12.4 Å². The van der Waals surface area contributed by atoms with Crippen LogP contribution < -0.4 is 0 Å². The number of likely N-dealkylation sites (N-methyl/N-ethyl adjacent to an activating group) is 1. The van der Waals surface area contributed by atoms with Gasteiger partial charge < -0.3 is 10.0 Å². The van der Waals surface area contributed by atoms with Crippen LogP contribution in [0.4, 0.5) is 0 Å². The molecule has 1 unspecified atom stereocenters. The van der Waals surface area contributed by atoms with E-state index in [2.05, 4.69) is 6.92 Å². The number of halogens is 1. The molecule has 0 aliphatic carbocycles. The van der Waals surface area contributed by atoms with Crippen LogP contribution in [0.15, 0.2) is 0 Å². The van der Waals surface area contributed by atoms with Gasteiger partial charge in [0.15, 0.2) is 5.78 Å². The summed E-state index contributed by atoms with van der Waals surface area (Å²) in [6.07, 6.45) is 19.7. The van der Waals surface area contributed by atoms with Crippen LogP contribution in [-0.4, -0.2) is 42.5 Å². The summed E-state index contributed by atoms with van der Waals surface area (Å²) < 4.78 is 0. The van der Waals surface area contributed by atoms with Gasteiger partial charge in [0.25, 0.3) is 0 Å². The molecular weight excluding hydrogens is 346 g/mol. The van der Waals surface area contributed by atoms with Crippen LogP contribution in [0.1, 0.15) is 110 Å². The van der Waals surface area contributed by atoms with Gasteiger partial charge in [0.2, 0.25) is 0 Å². The van der Waals surface area contributed by atoms with Crippen LogP contribution in [-0.2, 0) is 4.79 Å². The van der Waals surface area contributed by atoms with Crippen molar-refractivity contribution in [3.8, 4) is 0 Å². The molecule has 0 bridgehead atoms. The average molecular weight is 392 g/mol. The van der Waals surface area contributed by atoms with Crippen molar-refractivity contribution in [2.24, 2.45) is 0 Å². The summed E-state index contributed by atoms with van der Waals surface area (Å²) in [7, 11) is 3.76. The fourth-order valence-electron chi connectivity index (χ4n) is 3.28. The van der Waals surface area contributed by atoms with Crippen LogP contribution in [0.2, 0.25) is 0 Å². The maximum Gasteiger partial charge on any atom is 0.162 e. The smallest absolute Gasteiger partial charge is 0.162 e. The number of hydrogen-bond acceptors (Lipinski definition) is 3. The van der Waals surface area contributed by atoms with Crippen LogP contribution in [0.25, 0.3) is 0 Å². The first-order valence-electron chi connectivity index (χ1n) is 10.9. The highest BCUT2D eigenvalue weighted by molar-refractivity contribution is 5.85. The number of hydrogen-bond donors (Lipinski definition) is 1. The highest BCUT2D eigenvalue weighted by Gasteiger charge is 2.14. The summed E-state index contributed by atoms with van der Waals surface area (Å²) in [6.45, 7) is 2.72. The van der Waals surface area contributed by atoms with Crippen molar-refractivity contribution in [2.75, 3.05) is 20.6 Å². The quantitative estimate of drug-likeness (QED) is 0.268. The van der Waals surface area contributed by atoms with Crippen molar-refractivity contribution >= 4 is 18.2 Å². The Bertz CT molecular complexity index is 298. The van der Waals surface area contributed by atoms with E-state index in [0.717, 1.165) is 12.8 Å². The number of Topliss-reactive ketones (excluding diaryl/α,β-unsaturated/α-hetero) is 1. The summed E-state index contributed by atoms with van der Waals surface area (Å²) >= 11 is 0. The second-order valence-corrected chi connectivity index (χ2v) is 7.94. The minimum Gasteiger partial charge on any atom is -0.384 e. The molecule has 4 heteroatoms. The summed E-state index contributed by atoms with van der Waals surface area (Å²) in [4.78, 5) is 13.6. The lowest BCUT2D eigenvalue weighted by molar-refractivity contribution is -0.127. The first kappa shape index (κ1) is 28.1. The first-order valence-corrected chi connectivity index (χ1v) is 10.9. The number of aliphatic hydroxyl groups excluding tert-OH is 1. The minimum absolute atomic E-state index is 0. The molecule has 0 radical (unpaired) electrons. The molecule has 0 rings (SSSR count). The fraction of sp³-hybridized carbons (Fsp3) is 0.955. The summed E-state index contributed by atoms with van der Waals surface area (Å²) in [5.41, 5.74) is 0. The van der Waals surface area contributed by atoms with Gasteiger partial charge in [-0.2, -0.15) is 0 Å². The van der Waals surface area contributed by atoms with Gasteiger partial charge in [0, 0.05) is 13.0 Å². The van der Waals surface area contributed by atoms with E-state index in [1.807, 2.05) is 19.0 Å². The van der Waals surface area contributed by atoms with Gasteiger partial charge in [-0.05, 0) is 20.5 Å². The lowest BCUT2D eigenvalue weighted by Gasteiger charge is -2.14. The predicted octanol–water partition coefficient (Wildman–Crippen LogP) is 6.16. The van der Waals surface area contributed by atoms with E-state index in [1.54, 1.807) is 0 Å². The Labute approximate surface area is 169 Å². The van der Waals surface area contributed by atoms with E-state index >= 15 is 0 Å². The number of ketones is 1. The largest absolute Gasteiger partial charge is 0.384 e. The van der Waals surface area contributed by atoms with Crippen LogP contribution in [0.5, 0.6) is 0 Å². The molecule has 0 spiro atoms. The van der Waals surface area contributed by atoms with Crippen molar-refractivity contribution in [2.45, 2.75) is 116 Å². The van der Waals surface area contributed by atoms with Gasteiger partial charge in [0.05, 0.1) is 0 Å². The normalized spacial score (nSPS) is 12.2. The molecule has 0 saturated carbocycles. The zero-order valence-corrected chi connectivity index (χ0v) is 18.6. The second-order valence-electron chi connectivity index (χ2n) is 7.94. The maximum atomic E-state index is 11.7. The van der Waals surface area contributed by atoms with Crippen LogP contribution >= 0.6 is 12.4 Å². The number of nitrogens with zero attached hydrogens (tertiary/aromatic N) is 1. The third-order valence-electron chi connectivity index (χ3n) is 4.94. The molecule has 26 heavy (non-hydrogen) atoms. The molecule has 1 N–H and O–H groups in total. The number of unbranched alkanes of at least 4 members (excludes halogenated alkanes) is 14. The molecule has 158 valence electrons. The lowest BCUT2D eigenvalue weighted by atomic mass is 10.0. The Balaban J connectivity index is 0. The zero-order chi connectivity index (χ0) is 18.8. The summed E-state index contributed by atoms with van der Waals surface area (Å²) in [5.74, 6) is 0.00314. The second kappa shape index (κ2) is 21.2. The van der Waals surface area contributed by atoms with Crippen molar-refractivity contribution < 1.29 is 9.90 Å². The lowest BCUT2D eigenvalue weighted by Crippen LogP contribution is -2.32. The Morgan fingerprint density at radius 1 is 0.731 bits per heavy atom. The van der Waals surface area contributed by atoms with Gasteiger partial charge in [-0.25, -0.2) is 0 Å². The van der Waals surface area contributed by atoms with Gasteiger partial charge in [0.1, 0.15) is 6.10 Å². The van der Waals surface area contributed by atoms with E-state index in [0.29, 0.717) is 13.0 Å². The van der Waals surface area contributed by atoms with E-state index in [1.165, 1.54) is 83.5 Å². The van der Waals surface area contributed by atoms with Crippen molar-refractivity contribution in [1.29, 1.82) is 0 Å².